The number of nitrogens with zero attached hydrogens (tertiary/aromatic N) is 5. The highest BCUT2D eigenvalue weighted by atomic mass is 19.1. The Bertz CT molecular complexity index is 1380. The number of fused-ring (bicyclic) bond motifs is 1. The Morgan fingerprint density at radius 1 is 1.19 bits per heavy atom. The summed E-state index contributed by atoms with van der Waals surface area (Å²) in [6.45, 7) is 2.74. The minimum Gasteiger partial charge on any atom is -0.495 e. The van der Waals surface area contributed by atoms with E-state index < -0.39 is 5.69 Å². The van der Waals surface area contributed by atoms with Crippen LogP contribution in [-0.4, -0.2) is 37.6 Å². The Labute approximate surface area is 182 Å². The fourth-order valence-corrected chi connectivity index (χ4v) is 3.73. The third-order valence-electron chi connectivity index (χ3n) is 5.21. The number of aromatic nitrogens is 5. The molecule has 0 saturated carbocycles. The summed E-state index contributed by atoms with van der Waals surface area (Å²) in [7, 11) is 1.61. The molecule has 0 unspecified atom stereocenters. The van der Waals surface area contributed by atoms with Crippen molar-refractivity contribution in [1.82, 2.24) is 23.9 Å². The summed E-state index contributed by atoms with van der Waals surface area (Å²) < 4.78 is 29.8. The quantitative estimate of drug-likeness (QED) is 0.494. The molecule has 5 rings (SSSR count). The van der Waals surface area contributed by atoms with E-state index in [-0.39, 0.29) is 5.82 Å². The van der Waals surface area contributed by atoms with Crippen LogP contribution in [0.2, 0.25) is 0 Å². The summed E-state index contributed by atoms with van der Waals surface area (Å²) in [6, 6.07) is 11.5. The molecule has 32 heavy (non-hydrogen) atoms. The van der Waals surface area contributed by atoms with E-state index in [0.717, 1.165) is 16.9 Å². The maximum absolute atomic E-state index is 13.3. The Morgan fingerprint density at radius 2 is 2.00 bits per heavy atom. The zero-order valence-electron chi connectivity index (χ0n) is 17.5. The van der Waals surface area contributed by atoms with Gasteiger partial charge in [-0.25, -0.2) is 14.2 Å². The average Bonchev–Trinajstić information content (AvgIpc) is 3.37. The highest BCUT2D eigenvalue weighted by molar-refractivity contribution is 5.76. The van der Waals surface area contributed by atoms with Crippen molar-refractivity contribution < 1.29 is 13.9 Å². The summed E-state index contributed by atoms with van der Waals surface area (Å²) in [5.41, 5.74) is 2.68. The number of aryl methyl sites for hydroxylation is 1. The van der Waals surface area contributed by atoms with Crippen molar-refractivity contribution in [2.45, 2.75) is 13.5 Å². The van der Waals surface area contributed by atoms with Crippen LogP contribution in [0.15, 0.2) is 59.8 Å². The summed E-state index contributed by atoms with van der Waals surface area (Å²) in [6.07, 6.45) is 5.47. The highest BCUT2D eigenvalue weighted by Gasteiger charge is 2.23. The van der Waals surface area contributed by atoms with Gasteiger partial charge >= 0.3 is 5.69 Å². The van der Waals surface area contributed by atoms with E-state index in [1.165, 1.54) is 16.8 Å². The predicted molar refractivity (Wildman–Crippen MR) is 116 cm³/mol. The monoisotopic (exact) mass is 433 g/mol. The van der Waals surface area contributed by atoms with Gasteiger partial charge in [0.25, 0.3) is 0 Å². The fourth-order valence-electron chi connectivity index (χ4n) is 3.73. The largest absolute Gasteiger partial charge is 0.495 e. The smallest absolute Gasteiger partial charge is 0.369 e. The maximum Gasteiger partial charge on any atom is 0.369 e. The second-order valence-electron chi connectivity index (χ2n) is 7.34. The Hall–Kier alpha value is -4.14. The standard InChI is InChI=1S/C23H20FN5O3/c1-15-13-27(14-25-15)19-8-3-16(11-20(19)31-2)12-21-22-26-23(30)29(28(22)9-10-32-21)18-6-4-17(24)5-7-18/h3-8,11-14H,9-10H2,1-2H3/b21-12-. The summed E-state index contributed by atoms with van der Waals surface area (Å²) in [5, 5.41) is 0. The Kier molecular flexibility index (Phi) is 4.85. The van der Waals surface area contributed by atoms with Gasteiger partial charge in [-0.2, -0.15) is 9.67 Å². The fraction of sp³-hybridized carbons (Fsp3) is 0.174. The zero-order valence-corrected chi connectivity index (χ0v) is 17.5. The summed E-state index contributed by atoms with van der Waals surface area (Å²) in [4.78, 5) is 21.1. The topological polar surface area (TPSA) is 76.1 Å². The second-order valence-corrected chi connectivity index (χ2v) is 7.34. The Balaban J connectivity index is 1.55. The van der Waals surface area contributed by atoms with Crippen molar-refractivity contribution in [3.63, 3.8) is 0 Å². The lowest BCUT2D eigenvalue weighted by Gasteiger charge is -2.20. The maximum atomic E-state index is 13.3. The van der Waals surface area contributed by atoms with Crippen molar-refractivity contribution in [1.29, 1.82) is 0 Å². The Morgan fingerprint density at radius 3 is 2.72 bits per heavy atom. The average molecular weight is 433 g/mol. The predicted octanol–water partition coefficient (Wildman–Crippen LogP) is 3.20. The summed E-state index contributed by atoms with van der Waals surface area (Å²) >= 11 is 0. The van der Waals surface area contributed by atoms with E-state index in [1.807, 2.05) is 42.0 Å². The minimum absolute atomic E-state index is 0.368. The van der Waals surface area contributed by atoms with Gasteiger partial charge in [-0.1, -0.05) is 6.07 Å². The molecule has 0 N–H and O–H groups in total. The molecule has 1 aliphatic heterocycles. The van der Waals surface area contributed by atoms with Gasteiger partial charge in [0.2, 0.25) is 0 Å². The molecular formula is C23H20FN5O3. The molecule has 3 heterocycles. The number of imidazole rings is 1. The van der Waals surface area contributed by atoms with Gasteiger partial charge in [0.1, 0.15) is 18.2 Å². The second kappa shape index (κ2) is 7.84. The molecule has 0 amide bonds. The van der Waals surface area contributed by atoms with Gasteiger partial charge in [0, 0.05) is 6.20 Å². The molecule has 4 aromatic rings. The molecule has 0 atom stereocenters. The number of benzene rings is 2. The molecule has 0 radical (unpaired) electrons. The van der Waals surface area contributed by atoms with Gasteiger partial charge in [-0.3, -0.25) is 4.68 Å². The number of methoxy groups -OCH3 is 1. The van der Waals surface area contributed by atoms with Gasteiger partial charge in [0.05, 0.1) is 37.1 Å². The molecule has 1 aliphatic rings. The van der Waals surface area contributed by atoms with Crippen LogP contribution in [0.25, 0.3) is 23.2 Å². The first-order chi connectivity index (χ1) is 15.5. The van der Waals surface area contributed by atoms with E-state index in [4.69, 9.17) is 9.47 Å². The van der Waals surface area contributed by atoms with Crippen molar-refractivity contribution in [3.05, 3.63) is 88.4 Å². The van der Waals surface area contributed by atoms with Gasteiger partial charge < -0.3 is 14.0 Å². The van der Waals surface area contributed by atoms with Crippen molar-refractivity contribution in [2.24, 2.45) is 0 Å². The molecule has 162 valence electrons. The van der Waals surface area contributed by atoms with Crippen molar-refractivity contribution >= 4 is 11.8 Å². The van der Waals surface area contributed by atoms with Crippen LogP contribution in [0.1, 0.15) is 17.1 Å². The van der Waals surface area contributed by atoms with E-state index in [1.54, 1.807) is 30.3 Å². The number of ether oxygens (including phenoxy) is 2. The highest BCUT2D eigenvalue weighted by Crippen LogP contribution is 2.28. The first kappa shape index (κ1) is 19.8. The molecule has 0 bridgehead atoms. The van der Waals surface area contributed by atoms with Crippen LogP contribution in [0.4, 0.5) is 4.39 Å². The lowest BCUT2D eigenvalue weighted by Crippen LogP contribution is -2.25. The third kappa shape index (κ3) is 3.47. The van der Waals surface area contributed by atoms with Crippen LogP contribution in [-0.2, 0) is 11.3 Å². The van der Waals surface area contributed by atoms with Crippen LogP contribution in [0.5, 0.6) is 5.75 Å². The van der Waals surface area contributed by atoms with Gasteiger partial charge in [-0.05, 0) is 55.0 Å². The molecule has 2 aromatic carbocycles. The van der Waals surface area contributed by atoms with Crippen LogP contribution < -0.4 is 10.4 Å². The van der Waals surface area contributed by atoms with E-state index in [9.17, 15) is 9.18 Å². The van der Waals surface area contributed by atoms with Crippen molar-refractivity contribution in [3.8, 4) is 17.1 Å². The van der Waals surface area contributed by atoms with Crippen molar-refractivity contribution in [2.75, 3.05) is 13.7 Å². The molecule has 8 nitrogen and oxygen atoms in total. The number of halogens is 1. The zero-order chi connectivity index (χ0) is 22.2. The first-order valence-electron chi connectivity index (χ1n) is 10.0. The normalized spacial score (nSPS) is 14.3. The number of rotatable bonds is 4. The van der Waals surface area contributed by atoms with Gasteiger partial charge in [-0.15, -0.1) is 0 Å². The van der Waals surface area contributed by atoms with E-state index in [2.05, 4.69) is 9.97 Å². The molecular weight excluding hydrogens is 413 g/mol. The molecule has 0 spiro atoms. The molecule has 0 fully saturated rings. The lowest BCUT2D eigenvalue weighted by molar-refractivity contribution is 0.223. The molecule has 0 saturated heterocycles. The third-order valence-corrected chi connectivity index (χ3v) is 5.21. The molecule has 2 aromatic heterocycles. The number of hydrogen-bond acceptors (Lipinski definition) is 5. The molecule has 0 aliphatic carbocycles. The molecule has 9 heteroatoms. The summed E-state index contributed by atoms with van der Waals surface area (Å²) in [5.74, 6) is 1.19. The van der Waals surface area contributed by atoms with Crippen LogP contribution in [0, 0.1) is 12.7 Å². The van der Waals surface area contributed by atoms with E-state index >= 15 is 0 Å². The first-order valence-corrected chi connectivity index (χ1v) is 10.0. The van der Waals surface area contributed by atoms with E-state index in [0.29, 0.717) is 36.2 Å². The number of hydrogen-bond donors (Lipinski definition) is 0. The van der Waals surface area contributed by atoms with Crippen LogP contribution >= 0.6 is 0 Å². The van der Waals surface area contributed by atoms with Crippen LogP contribution in [0.3, 0.4) is 0 Å². The minimum atomic E-state index is -0.452. The van der Waals surface area contributed by atoms with Gasteiger partial charge in [0.15, 0.2) is 11.6 Å². The SMILES string of the molecule is COc1cc(/C=C2\OCCn3c2nc(=O)n3-c2ccc(F)cc2)ccc1-n1cnc(C)c1. The lowest BCUT2D eigenvalue weighted by atomic mass is 10.1.